The first kappa shape index (κ1) is 18.5. The highest BCUT2D eigenvalue weighted by Gasteiger charge is 2.13. The van der Waals surface area contributed by atoms with Crippen LogP contribution >= 0.6 is 0 Å². The third-order valence-electron chi connectivity index (χ3n) is 4.51. The largest absolute Gasteiger partial charge is 0.370 e. The number of aryl methyl sites for hydroxylation is 1. The average Bonchev–Trinajstić information content (AvgIpc) is 2.59. The van der Waals surface area contributed by atoms with Crippen molar-refractivity contribution < 1.29 is 8.42 Å². The molecule has 3 N–H and O–H groups in total. The van der Waals surface area contributed by atoms with Gasteiger partial charge in [0, 0.05) is 11.9 Å². The van der Waals surface area contributed by atoms with Crippen molar-refractivity contribution in [2.45, 2.75) is 38.0 Å². The molecule has 26 heavy (non-hydrogen) atoms. The molecule has 138 valence electrons. The molecule has 5 nitrogen and oxygen atoms in total. The van der Waals surface area contributed by atoms with Gasteiger partial charge in [-0.25, -0.2) is 13.4 Å². The summed E-state index contributed by atoms with van der Waals surface area (Å²) in [6, 6.07) is 13.7. The van der Waals surface area contributed by atoms with Crippen molar-refractivity contribution in [1.82, 2.24) is 0 Å². The Bertz CT molecular complexity index is 920. The van der Waals surface area contributed by atoms with Crippen molar-refractivity contribution in [3.8, 4) is 0 Å². The Morgan fingerprint density at radius 1 is 1.12 bits per heavy atom. The molecular weight excluding hydrogens is 346 g/mol. The fourth-order valence-corrected chi connectivity index (χ4v) is 4.16. The van der Waals surface area contributed by atoms with E-state index in [4.69, 9.17) is 5.73 Å². The molecule has 2 aromatic rings. The van der Waals surface area contributed by atoms with E-state index in [-0.39, 0.29) is 5.75 Å². The van der Waals surface area contributed by atoms with Gasteiger partial charge in [0.05, 0.1) is 12.3 Å². The number of hydrogen-bond acceptors (Lipinski definition) is 3. The average molecular weight is 372 g/mol. The van der Waals surface area contributed by atoms with Gasteiger partial charge in [0.15, 0.2) is 15.8 Å². The second kappa shape index (κ2) is 7.91. The van der Waals surface area contributed by atoms with E-state index in [0.717, 1.165) is 29.7 Å². The number of anilines is 1. The van der Waals surface area contributed by atoms with E-state index in [0.29, 0.717) is 12.5 Å². The third kappa shape index (κ3) is 5.08. The second-order valence-electron chi connectivity index (χ2n) is 6.87. The first-order valence-electron chi connectivity index (χ1n) is 8.84. The molecule has 0 atom stereocenters. The first-order valence-corrected chi connectivity index (χ1v) is 10.9. The number of hydrogen-bond donors (Lipinski definition) is 2. The Balaban J connectivity index is 1.69. The maximum atomic E-state index is 11.4. The van der Waals surface area contributed by atoms with Crippen molar-refractivity contribution in [3.05, 3.63) is 64.7 Å². The number of rotatable bonds is 5. The molecule has 3 rings (SSSR count). The van der Waals surface area contributed by atoms with E-state index in [1.807, 2.05) is 30.3 Å². The van der Waals surface area contributed by atoms with Crippen molar-refractivity contribution in [2.75, 3.05) is 11.6 Å². The molecule has 0 aliphatic heterocycles. The lowest BCUT2D eigenvalue weighted by Gasteiger charge is -2.19. The number of nitrogens with two attached hydrogens (primary N) is 1. The van der Waals surface area contributed by atoms with Crippen molar-refractivity contribution >= 4 is 21.5 Å². The molecule has 0 radical (unpaired) electrons. The summed E-state index contributed by atoms with van der Waals surface area (Å²) in [5.74, 6) is 0.409. The lowest BCUT2D eigenvalue weighted by molar-refractivity contribution is 0.601. The number of aliphatic imine (C=N–C) groups is 1. The Kier molecular flexibility index (Phi) is 5.61. The van der Waals surface area contributed by atoms with Crippen LogP contribution in [0.1, 0.15) is 35.1 Å². The van der Waals surface area contributed by atoms with Gasteiger partial charge in [-0.05, 0) is 54.0 Å². The standard InChI is InChI=1S/C20H25N3O2S/c1-26(24,25)14-16-7-4-6-15(12-16)13-22-20(21)23-19-11-5-9-17-8-2-3-10-18(17)19/h4-7,9,11-12H,2-3,8,10,13-14H2,1H3,(H3,21,22,23). The SMILES string of the molecule is CS(=O)(=O)Cc1cccc(CN=C(N)Nc2cccc3c2CCCC3)c1. The molecule has 0 saturated heterocycles. The topological polar surface area (TPSA) is 84.5 Å². The minimum Gasteiger partial charge on any atom is -0.370 e. The molecule has 1 aliphatic rings. The molecular formula is C20H25N3O2S. The summed E-state index contributed by atoms with van der Waals surface area (Å²) in [5, 5.41) is 3.23. The lowest BCUT2D eigenvalue weighted by atomic mass is 9.90. The molecule has 0 bridgehead atoms. The van der Waals surface area contributed by atoms with Crippen LogP contribution in [-0.2, 0) is 35.0 Å². The highest BCUT2D eigenvalue weighted by molar-refractivity contribution is 7.89. The van der Waals surface area contributed by atoms with Gasteiger partial charge in [0.25, 0.3) is 0 Å². The van der Waals surface area contributed by atoms with Crippen molar-refractivity contribution in [3.63, 3.8) is 0 Å². The molecule has 0 amide bonds. The lowest BCUT2D eigenvalue weighted by Crippen LogP contribution is -2.24. The minimum absolute atomic E-state index is 0.0361. The highest BCUT2D eigenvalue weighted by Crippen LogP contribution is 2.27. The predicted molar refractivity (Wildman–Crippen MR) is 107 cm³/mol. The van der Waals surface area contributed by atoms with Gasteiger partial charge in [-0.2, -0.15) is 0 Å². The van der Waals surface area contributed by atoms with E-state index >= 15 is 0 Å². The van der Waals surface area contributed by atoms with Gasteiger partial charge in [0.2, 0.25) is 0 Å². The molecule has 0 aromatic heterocycles. The van der Waals surface area contributed by atoms with Crippen LogP contribution in [0.15, 0.2) is 47.5 Å². The highest BCUT2D eigenvalue weighted by atomic mass is 32.2. The monoisotopic (exact) mass is 371 g/mol. The molecule has 0 fully saturated rings. The summed E-state index contributed by atoms with van der Waals surface area (Å²) < 4.78 is 22.9. The number of benzene rings is 2. The van der Waals surface area contributed by atoms with Gasteiger partial charge in [-0.15, -0.1) is 0 Å². The molecule has 0 unspecified atom stereocenters. The fraction of sp³-hybridized carbons (Fsp3) is 0.350. The Morgan fingerprint density at radius 3 is 2.65 bits per heavy atom. The second-order valence-corrected chi connectivity index (χ2v) is 9.01. The zero-order chi connectivity index (χ0) is 18.6. The molecule has 0 saturated carbocycles. The van der Waals surface area contributed by atoms with Crippen LogP contribution in [0.4, 0.5) is 5.69 Å². The summed E-state index contributed by atoms with van der Waals surface area (Å²) in [7, 11) is -3.05. The zero-order valence-electron chi connectivity index (χ0n) is 15.0. The van der Waals surface area contributed by atoms with E-state index in [2.05, 4.69) is 22.4 Å². The Hall–Kier alpha value is -2.34. The smallest absolute Gasteiger partial charge is 0.193 e. The number of nitrogens with zero attached hydrogens (tertiary/aromatic N) is 1. The van der Waals surface area contributed by atoms with E-state index < -0.39 is 9.84 Å². The van der Waals surface area contributed by atoms with Gasteiger partial charge in [0.1, 0.15) is 0 Å². The predicted octanol–water partition coefficient (Wildman–Crippen LogP) is 3.04. The molecule has 1 aliphatic carbocycles. The van der Waals surface area contributed by atoms with E-state index in [9.17, 15) is 8.42 Å². The maximum Gasteiger partial charge on any atom is 0.193 e. The fourth-order valence-electron chi connectivity index (χ4n) is 3.37. The van der Waals surface area contributed by atoms with Crippen LogP contribution in [0.2, 0.25) is 0 Å². The Labute approximate surface area is 155 Å². The van der Waals surface area contributed by atoms with Crippen LogP contribution < -0.4 is 11.1 Å². The van der Waals surface area contributed by atoms with Crippen molar-refractivity contribution in [2.24, 2.45) is 10.7 Å². The van der Waals surface area contributed by atoms with E-state index in [1.165, 1.54) is 30.2 Å². The van der Waals surface area contributed by atoms with Gasteiger partial charge in [-0.1, -0.05) is 36.4 Å². The van der Waals surface area contributed by atoms with Gasteiger partial charge >= 0.3 is 0 Å². The first-order chi connectivity index (χ1) is 12.4. The zero-order valence-corrected chi connectivity index (χ0v) is 15.8. The number of sulfone groups is 1. The summed E-state index contributed by atoms with van der Waals surface area (Å²) in [5.41, 5.74) is 11.5. The van der Waals surface area contributed by atoms with Crippen LogP contribution in [0.25, 0.3) is 0 Å². The Morgan fingerprint density at radius 2 is 1.85 bits per heavy atom. The summed E-state index contributed by atoms with van der Waals surface area (Å²) >= 11 is 0. The van der Waals surface area contributed by atoms with Gasteiger partial charge < -0.3 is 11.1 Å². The summed E-state index contributed by atoms with van der Waals surface area (Å²) in [6.45, 7) is 0.408. The normalized spacial score (nSPS) is 14.7. The van der Waals surface area contributed by atoms with Crippen LogP contribution in [-0.4, -0.2) is 20.6 Å². The number of fused-ring (bicyclic) bond motifs is 1. The molecule has 0 heterocycles. The molecule has 2 aromatic carbocycles. The van der Waals surface area contributed by atoms with Crippen LogP contribution in [0.3, 0.4) is 0 Å². The van der Waals surface area contributed by atoms with Gasteiger partial charge in [-0.3, -0.25) is 0 Å². The van der Waals surface area contributed by atoms with Crippen molar-refractivity contribution in [1.29, 1.82) is 0 Å². The third-order valence-corrected chi connectivity index (χ3v) is 5.37. The molecule has 6 heteroatoms. The minimum atomic E-state index is -3.05. The van der Waals surface area contributed by atoms with Crippen LogP contribution in [0.5, 0.6) is 0 Å². The summed E-state index contributed by atoms with van der Waals surface area (Å²) in [4.78, 5) is 4.41. The maximum absolute atomic E-state index is 11.4. The quantitative estimate of drug-likeness (QED) is 0.625. The van der Waals surface area contributed by atoms with E-state index in [1.54, 1.807) is 0 Å². The molecule has 0 spiro atoms. The number of nitrogens with one attached hydrogen (secondary N) is 1. The summed E-state index contributed by atoms with van der Waals surface area (Å²) in [6.07, 6.45) is 5.87. The number of guanidine groups is 1. The van der Waals surface area contributed by atoms with Crippen LogP contribution in [0, 0.1) is 0 Å².